The summed E-state index contributed by atoms with van der Waals surface area (Å²) in [6.45, 7) is 8.59. The fourth-order valence-electron chi connectivity index (χ4n) is 2.97. The van der Waals surface area contributed by atoms with Crippen LogP contribution in [0.1, 0.15) is 32.6 Å². The van der Waals surface area contributed by atoms with Crippen LogP contribution in [0.3, 0.4) is 0 Å². The number of halogens is 2. The molecule has 120 valence electrons. The van der Waals surface area contributed by atoms with Crippen LogP contribution in [0.15, 0.2) is 0 Å². The molecule has 2 N–H and O–H groups in total. The Morgan fingerprint density at radius 2 is 2.00 bits per heavy atom. The molecule has 0 aromatic heterocycles. The summed E-state index contributed by atoms with van der Waals surface area (Å²) in [5, 5.41) is 6.41. The summed E-state index contributed by atoms with van der Waals surface area (Å²) in [5.41, 5.74) is 0. The minimum atomic E-state index is 0. The first kappa shape index (κ1) is 20.0. The molecule has 2 unspecified atom stereocenters. The molecule has 1 amide bonds. The Balaban J connectivity index is 0.00000180. The molecular weight excluding hydrogens is 297 g/mol. The predicted octanol–water partition coefficient (Wildman–Crippen LogP) is 1.68. The van der Waals surface area contributed by atoms with Gasteiger partial charge in [-0.2, -0.15) is 0 Å². The van der Waals surface area contributed by atoms with Crippen LogP contribution in [-0.4, -0.2) is 50.1 Å². The zero-order valence-electron chi connectivity index (χ0n) is 12.4. The summed E-state index contributed by atoms with van der Waals surface area (Å²) in [6, 6.07) is 0. The summed E-state index contributed by atoms with van der Waals surface area (Å²) >= 11 is 0. The van der Waals surface area contributed by atoms with Gasteiger partial charge in [0.2, 0.25) is 5.91 Å². The van der Waals surface area contributed by atoms with E-state index in [1.165, 1.54) is 25.9 Å². The Labute approximate surface area is 135 Å². The van der Waals surface area contributed by atoms with Crippen LogP contribution >= 0.6 is 24.8 Å². The molecular formula is C14H29Cl2N3O. The van der Waals surface area contributed by atoms with E-state index in [0.29, 0.717) is 5.92 Å². The highest BCUT2D eigenvalue weighted by Gasteiger charge is 2.21. The maximum Gasteiger partial charge on any atom is 0.224 e. The van der Waals surface area contributed by atoms with Crippen molar-refractivity contribution in [1.29, 1.82) is 0 Å². The Kier molecular flexibility index (Phi) is 10.6. The Morgan fingerprint density at radius 3 is 2.60 bits per heavy atom. The van der Waals surface area contributed by atoms with Crippen LogP contribution in [0.4, 0.5) is 0 Å². The predicted molar refractivity (Wildman–Crippen MR) is 87.9 cm³/mol. The van der Waals surface area contributed by atoms with Crippen molar-refractivity contribution in [3.8, 4) is 0 Å². The maximum atomic E-state index is 12.0. The third kappa shape index (κ3) is 6.61. The zero-order chi connectivity index (χ0) is 12.8. The molecule has 0 aromatic carbocycles. The second-order valence-corrected chi connectivity index (χ2v) is 5.90. The van der Waals surface area contributed by atoms with Crippen LogP contribution in [0, 0.1) is 11.8 Å². The van der Waals surface area contributed by atoms with Crippen molar-refractivity contribution in [2.24, 2.45) is 11.8 Å². The van der Waals surface area contributed by atoms with Gasteiger partial charge in [-0.25, -0.2) is 0 Å². The molecule has 2 heterocycles. The number of hydrogen-bond acceptors (Lipinski definition) is 3. The van der Waals surface area contributed by atoms with Gasteiger partial charge in [-0.05, 0) is 51.2 Å². The van der Waals surface area contributed by atoms with Gasteiger partial charge in [-0.1, -0.05) is 6.92 Å². The Hall–Kier alpha value is -0.0300. The van der Waals surface area contributed by atoms with Crippen molar-refractivity contribution in [3.63, 3.8) is 0 Å². The fraction of sp³-hybridized carbons (Fsp3) is 0.929. The number of piperidine rings is 1. The zero-order valence-corrected chi connectivity index (χ0v) is 14.0. The first-order valence-electron chi connectivity index (χ1n) is 7.46. The molecule has 2 atom stereocenters. The molecule has 0 aliphatic carbocycles. The van der Waals surface area contributed by atoms with E-state index in [0.717, 1.165) is 39.0 Å². The standard InChI is InChI=1S/C14H27N3O.2ClH/c1-12(11-17-7-2-3-8-17)9-16-14(18)13-5-4-6-15-10-13;;/h12-13,15H,2-11H2,1H3,(H,16,18);2*1H. The number of rotatable bonds is 5. The lowest BCUT2D eigenvalue weighted by atomic mass is 9.98. The molecule has 2 saturated heterocycles. The van der Waals surface area contributed by atoms with Crippen molar-refractivity contribution in [1.82, 2.24) is 15.5 Å². The number of nitrogens with one attached hydrogen (secondary N) is 2. The SMILES string of the molecule is CC(CNC(=O)C1CCCNC1)CN1CCCC1.Cl.Cl. The summed E-state index contributed by atoms with van der Waals surface area (Å²) < 4.78 is 0. The molecule has 0 spiro atoms. The fourth-order valence-corrected chi connectivity index (χ4v) is 2.97. The van der Waals surface area contributed by atoms with Crippen molar-refractivity contribution < 1.29 is 4.79 Å². The minimum Gasteiger partial charge on any atom is -0.356 e. The van der Waals surface area contributed by atoms with Crippen LogP contribution in [0.25, 0.3) is 0 Å². The topological polar surface area (TPSA) is 44.4 Å². The van der Waals surface area contributed by atoms with Crippen molar-refractivity contribution in [3.05, 3.63) is 0 Å². The van der Waals surface area contributed by atoms with Gasteiger partial charge in [-0.15, -0.1) is 24.8 Å². The molecule has 6 heteroatoms. The molecule has 2 rings (SSSR count). The molecule has 2 aliphatic heterocycles. The van der Waals surface area contributed by atoms with Gasteiger partial charge in [0, 0.05) is 19.6 Å². The highest BCUT2D eigenvalue weighted by atomic mass is 35.5. The number of likely N-dealkylation sites (tertiary alicyclic amines) is 1. The second-order valence-electron chi connectivity index (χ2n) is 5.90. The van der Waals surface area contributed by atoms with E-state index in [-0.39, 0.29) is 36.6 Å². The first-order valence-corrected chi connectivity index (χ1v) is 7.46. The molecule has 2 fully saturated rings. The summed E-state index contributed by atoms with van der Waals surface area (Å²) in [5.74, 6) is 0.997. The molecule has 2 aliphatic rings. The van der Waals surface area contributed by atoms with E-state index in [9.17, 15) is 4.79 Å². The average molecular weight is 326 g/mol. The quantitative estimate of drug-likeness (QED) is 0.808. The number of carbonyl (C=O) groups is 1. The van der Waals surface area contributed by atoms with Crippen LogP contribution in [0.5, 0.6) is 0 Å². The number of amides is 1. The highest BCUT2D eigenvalue weighted by Crippen LogP contribution is 2.11. The third-order valence-corrected chi connectivity index (χ3v) is 4.06. The largest absolute Gasteiger partial charge is 0.356 e. The van der Waals surface area contributed by atoms with Gasteiger partial charge in [0.15, 0.2) is 0 Å². The maximum absolute atomic E-state index is 12.0. The molecule has 0 saturated carbocycles. The van der Waals surface area contributed by atoms with E-state index in [2.05, 4.69) is 22.5 Å². The molecule has 0 radical (unpaired) electrons. The van der Waals surface area contributed by atoms with E-state index >= 15 is 0 Å². The normalized spacial score (nSPS) is 24.4. The van der Waals surface area contributed by atoms with Crippen molar-refractivity contribution in [2.75, 3.05) is 39.3 Å². The Bertz CT molecular complexity index is 267. The smallest absolute Gasteiger partial charge is 0.224 e. The lowest BCUT2D eigenvalue weighted by Gasteiger charge is -2.24. The molecule has 0 aromatic rings. The lowest BCUT2D eigenvalue weighted by Crippen LogP contribution is -2.42. The number of nitrogens with zero attached hydrogens (tertiary/aromatic N) is 1. The minimum absolute atomic E-state index is 0. The van der Waals surface area contributed by atoms with E-state index in [4.69, 9.17) is 0 Å². The first-order chi connectivity index (χ1) is 8.75. The molecule has 0 bridgehead atoms. The summed E-state index contributed by atoms with van der Waals surface area (Å²) in [7, 11) is 0. The van der Waals surface area contributed by atoms with E-state index in [1.807, 2.05) is 0 Å². The van der Waals surface area contributed by atoms with Gasteiger partial charge >= 0.3 is 0 Å². The van der Waals surface area contributed by atoms with Gasteiger partial charge < -0.3 is 15.5 Å². The lowest BCUT2D eigenvalue weighted by molar-refractivity contribution is -0.125. The van der Waals surface area contributed by atoms with Gasteiger partial charge in [-0.3, -0.25) is 4.79 Å². The van der Waals surface area contributed by atoms with E-state index < -0.39 is 0 Å². The monoisotopic (exact) mass is 325 g/mol. The van der Waals surface area contributed by atoms with Gasteiger partial charge in [0.1, 0.15) is 0 Å². The molecule has 20 heavy (non-hydrogen) atoms. The van der Waals surface area contributed by atoms with Crippen molar-refractivity contribution >= 4 is 30.7 Å². The molecule has 4 nitrogen and oxygen atoms in total. The van der Waals surface area contributed by atoms with Crippen molar-refractivity contribution in [2.45, 2.75) is 32.6 Å². The van der Waals surface area contributed by atoms with E-state index in [1.54, 1.807) is 0 Å². The number of carbonyl (C=O) groups excluding carboxylic acids is 1. The van der Waals surface area contributed by atoms with Gasteiger partial charge in [0.05, 0.1) is 5.92 Å². The highest BCUT2D eigenvalue weighted by molar-refractivity contribution is 5.85. The van der Waals surface area contributed by atoms with Crippen LogP contribution in [-0.2, 0) is 4.79 Å². The summed E-state index contributed by atoms with van der Waals surface area (Å²) in [6.07, 6.45) is 4.85. The number of hydrogen-bond donors (Lipinski definition) is 2. The third-order valence-electron chi connectivity index (χ3n) is 4.06. The van der Waals surface area contributed by atoms with Crippen LogP contribution < -0.4 is 10.6 Å². The van der Waals surface area contributed by atoms with Crippen LogP contribution in [0.2, 0.25) is 0 Å². The van der Waals surface area contributed by atoms with Gasteiger partial charge in [0.25, 0.3) is 0 Å². The average Bonchev–Trinajstić information content (AvgIpc) is 2.90. The second kappa shape index (κ2) is 10.7. The Morgan fingerprint density at radius 1 is 1.30 bits per heavy atom. The summed E-state index contributed by atoms with van der Waals surface area (Å²) in [4.78, 5) is 14.5.